The summed E-state index contributed by atoms with van der Waals surface area (Å²) < 4.78 is 0. The first-order valence-corrected chi connectivity index (χ1v) is 13.3. The normalized spacial score (nSPS) is 20.7. The Morgan fingerprint density at radius 1 is 0.742 bits per heavy atom. The fourth-order valence-corrected chi connectivity index (χ4v) is 5.87. The highest BCUT2D eigenvalue weighted by Crippen LogP contribution is 2.44. The van der Waals surface area contributed by atoms with Gasteiger partial charge in [-0.15, -0.1) is 0 Å². The molecule has 1 aromatic carbocycles. The second-order valence-electron chi connectivity index (χ2n) is 12.0. The largest absolute Gasteiger partial charge is 0.507 e. The Kier molecular flexibility index (Phi) is 9.97. The lowest BCUT2D eigenvalue weighted by Crippen LogP contribution is -2.27. The molecule has 1 nitrogen and oxygen atoms in total. The molecule has 0 bridgehead atoms. The average molecular weight is 429 g/mol. The van der Waals surface area contributed by atoms with Gasteiger partial charge in [0.15, 0.2) is 0 Å². The smallest absolute Gasteiger partial charge is 0.121 e. The highest BCUT2D eigenvalue weighted by Gasteiger charge is 2.32. The summed E-state index contributed by atoms with van der Waals surface area (Å²) >= 11 is 0. The van der Waals surface area contributed by atoms with Gasteiger partial charge in [0.1, 0.15) is 5.75 Å². The number of phenolic OH excluding ortho intramolecular Hbond substituents is 1. The van der Waals surface area contributed by atoms with Crippen molar-refractivity contribution < 1.29 is 5.11 Å². The van der Waals surface area contributed by atoms with Crippen LogP contribution in [-0.4, -0.2) is 5.11 Å². The Bertz CT molecular complexity index is 701. The molecule has 0 aliphatic heterocycles. The van der Waals surface area contributed by atoms with Gasteiger partial charge < -0.3 is 5.11 Å². The second-order valence-corrected chi connectivity index (χ2v) is 12.0. The highest BCUT2D eigenvalue weighted by atomic mass is 16.3. The van der Waals surface area contributed by atoms with Gasteiger partial charge in [-0.1, -0.05) is 86.0 Å². The van der Waals surface area contributed by atoms with Crippen molar-refractivity contribution >= 4 is 0 Å². The van der Waals surface area contributed by atoms with E-state index in [9.17, 15) is 5.11 Å². The number of fused-ring (bicyclic) bond motifs is 1. The summed E-state index contributed by atoms with van der Waals surface area (Å²) in [7, 11) is 0. The predicted octanol–water partition coefficient (Wildman–Crippen LogP) is 9.25. The van der Waals surface area contributed by atoms with Gasteiger partial charge in [-0.3, -0.25) is 0 Å². The van der Waals surface area contributed by atoms with Gasteiger partial charge in [0.2, 0.25) is 0 Å². The first-order valence-electron chi connectivity index (χ1n) is 13.3. The molecule has 1 aromatic rings. The monoisotopic (exact) mass is 428 g/mol. The molecule has 0 radical (unpaired) electrons. The number of hydrogen-bond acceptors (Lipinski definition) is 1. The van der Waals surface area contributed by atoms with Crippen molar-refractivity contribution in [1.29, 1.82) is 0 Å². The fourth-order valence-electron chi connectivity index (χ4n) is 5.87. The van der Waals surface area contributed by atoms with Crippen molar-refractivity contribution in [2.24, 2.45) is 23.2 Å². The van der Waals surface area contributed by atoms with Crippen LogP contribution >= 0.6 is 0 Å². The van der Waals surface area contributed by atoms with Crippen molar-refractivity contribution in [2.45, 2.75) is 132 Å². The lowest BCUT2D eigenvalue weighted by Gasteiger charge is -2.37. The maximum atomic E-state index is 10.4. The van der Waals surface area contributed by atoms with Crippen LogP contribution < -0.4 is 0 Å². The molecule has 0 heterocycles. The zero-order valence-electron chi connectivity index (χ0n) is 22.2. The third-order valence-corrected chi connectivity index (χ3v) is 8.47. The van der Waals surface area contributed by atoms with Crippen molar-refractivity contribution in [2.75, 3.05) is 0 Å². The molecule has 0 fully saturated rings. The van der Waals surface area contributed by atoms with E-state index in [0.717, 1.165) is 35.3 Å². The lowest BCUT2D eigenvalue weighted by atomic mass is 9.68. The molecular weight excluding hydrogens is 376 g/mol. The molecule has 178 valence electrons. The van der Waals surface area contributed by atoms with Crippen LogP contribution in [0.4, 0.5) is 0 Å². The van der Waals surface area contributed by atoms with Gasteiger partial charge in [0.05, 0.1) is 0 Å². The fraction of sp³-hybridized carbons (Fsp3) is 0.800. The summed E-state index contributed by atoms with van der Waals surface area (Å²) in [5.41, 5.74) is 6.97. The first-order chi connectivity index (χ1) is 14.5. The molecule has 1 aliphatic carbocycles. The van der Waals surface area contributed by atoms with Crippen LogP contribution in [0.1, 0.15) is 127 Å². The molecule has 0 saturated heterocycles. The van der Waals surface area contributed by atoms with E-state index in [0.29, 0.717) is 11.2 Å². The third kappa shape index (κ3) is 7.54. The first kappa shape index (κ1) is 26.3. The Labute approximate surface area is 194 Å². The van der Waals surface area contributed by atoms with Crippen molar-refractivity contribution in [1.82, 2.24) is 0 Å². The summed E-state index contributed by atoms with van der Waals surface area (Å²) in [6, 6.07) is 0. The molecule has 1 unspecified atom stereocenters. The minimum atomic E-state index is 0.429. The second kappa shape index (κ2) is 11.8. The predicted molar refractivity (Wildman–Crippen MR) is 137 cm³/mol. The maximum absolute atomic E-state index is 10.4. The number of phenols is 1. The minimum absolute atomic E-state index is 0.429. The Hall–Kier alpha value is -0.980. The summed E-state index contributed by atoms with van der Waals surface area (Å²) in [5.74, 6) is 3.16. The van der Waals surface area contributed by atoms with E-state index in [1.807, 2.05) is 0 Å². The van der Waals surface area contributed by atoms with Crippen molar-refractivity contribution in [3.63, 3.8) is 0 Å². The SMILES string of the molecule is Cc1c(C)c2c(c(C)c1O)CCC(C)(CCC[C@H](C)CCC[C@H](C)CCCC(C)C)C2. The number of benzene rings is 1. The van der Waals surface area contributed by atoms with Gasteiger partial charge >= 0.3 is 0 Å². The molecule has 2 rings (SSSR count). The van der Waals surface area contributed by atoms with Crippen LogP contribution in [0.25, 0.3) is 0 Å². The summed E-state index contributed by atoms with van der Waals surface area (Å²) in [6.45, 7) is 18.5. The number of aromatic hydroxyl groups is 1. The topological polar surface area (TPSA) is 20.2 Å². The van der Waals surface area contributed by atoms with Crippen LogP contribution in [0.3, 0.4) is 0 Å². The molecule has 0 saturated carbocycles. The van der Waals surface area contributed by atoms with E-state index in [1.54, 1.807) is 5.56 Å². The third-order valence-electron chi connectivity index (χ3n) is 8.47. The van der Waals surface area contributed by atoms with E-state index in [-0.39, 0.29) is 0 Å². The van der Waals surface area contributed by atoms with Gasteiger partial charge in [-0.05, 0) is 97.4 Å². The quantitative estimate of drug-likeness (QED) is 0.351. The molecule has 3 atom stereocenters. The Morgan fingerprint density at radius 3 is 1.87 bits per heavy atom. The summed E-state index contributed by atoms with van der Waals surface area (Å²) in [5, 5.41) is 10.4. The molecule has 1 N–H and O–H groups in total. The van der Waals surface area contributed by atoms with Gasteiger partial charge in [-0.2, -0.15) is 0 Å². The molecule has 31 heavy (non-hydrogen) atoms. The van der Waals surface area contributed by atoms with E-state index in [1.165, 1.54) is 81.8 Å². The van der Waals surface area contributed by atoms with Gasteiger partial charge in [0, 0.05) is 0 Å². The summed E-state index contributed by atoms with van der Waals surface area (Å²) in [4.78, 5) is 0. The van der Waals surface area contributed by atoms with Crippen molar-refractivity contribution in [3.8, 4) is 5.75 Å². The van der Waals surface area contributed by atoms with Crippen LogP contribution in [0, 0.1) is 43.9 Å². The molecule has 0 spiro atoms. The molecular formula is C30H52O. The minimum Gasteiger partial charge on any atom is -0.507 e. The number of rotatable bonds is 12. The summed E-state index contributed by atoms with van der Waals surface area (Å²) in [6.07, 6.45) is 16.2. The van der Waals surface area contributed by atoms with Crippen molar-refractivity contribution in [3.05, 3.63) is 27.8 Å². The average Bonchev–Trinajstić information content (AvgIpc) is 2.70. The number of hydrogen-bond donors (Lipinski definition) is 1. The zero-order chi connectivity index (χ0) is 23.2. The molecule has 1 aliphatic rings. The molecule has 0 amide bonds. The van der Waals surface area contributed by atoms with E-state index in [2.05, 4.69) is 55.4 Å². The van der Waals surface area contributed by atoms with Crippen LogP contribution in [0.2, 0.25) is 0 Å². The maximum Gasteiger partial charge on any atom is 0.121 e. The van der Waals surface area contributed by atoms with Crippen LogP contribution in [-0.2, 0) is 12.8 Å². The van der Waals surface area contributed by atoms with E-state index in [4.69, 9.17) is 0 Å². The Morgan fingerprint density at radius 2 is 1.29 bits per heavy atom. The van der Waals surface area contributed by atoms with E-state index >= 15 is 0 Å². The highest BCUT2D eigenvalue weighted by molar-refractivity contribution is 5.54. The molecule has 0 aromatic heterocycles. The molecule has 1 heteroatoms. The Balaban J connectivity index is 1.74. The van der Waals surface area contributed by atoms with Crippen LogP contribution in [0.5, 0.6) is 5.75 Å². The van der Waals surface area contributed by atoms with Gasteiger partial charge in [0.25, 0.3) is 0 Å². The van der Waals surface area contributed by atoms with Crippen LogP contribution in [0.15, 0.2) is 0 Å². The lowest BCUT2D eigenvalue weighted by molar-refractivity contribution is 0.238. The van der Waals surface area contributed by atoms with Gasteiger partial charge in [-0.25, -0.2) is 0 Å². The van der Waals surface area contributed by atoms with E-state index < -0.39 is 0 Å². The standard InChI is InChI=1S/C30H52O/c1-21(2)12-9-13-22(3)14-10-15-23(4)16-11-18-30(8)19-17-27-26(7)29(31)25(6)24(5)28(27)20-30/h21-23,31H,9-20H2,1-8H3/t22-,23-,30?/m1/s1. The zero-order valence-corrected chi connectivity index (χ0v) is 22.2.